The van der Waals surface area contributed by atoms with E-state index in [0.717, 1.165) is 0 Å². The fourth-order valence-electron chi connectivity index (χ4n) is 5.71. The molecule has 48 heavy (non-hydrogen) atoms. The van der Waals surface area contributed by atoms with Gasteiger partial charge in [0.05, 0.1) is 0 Å². The summed E-state index contributed by atoms with van der Waals surface area (Å²) in [7, 11) is 0. The molecule has 2 aromatic heterocycles. The van der Waals surface area contributed by atoms with E-state index in [1.807, 2.05) is 0 Å². The van der Waals surface area contributed by atoms with E-state index >= 15 is 0 Å². The number of rotatable bonds is 6. The van der Waals surface area contributed by atoms with E-state index in [4.69, 9.17) is 86.0 Å². The predicted octanol–water partition coefficient (Wildman–Crippen LogP) is 12.5. The zero-order valence-electron chi connectivity index (χ0n) is 24.7. The molecule has 4 aromatic carbocycles. The number of anilines is 2. The van der Waals surface area contributed by atoms with Crippen molar-refractivity contribution in [1.82, 2.24) is 0 Å². The van der Waals surface area contributed by atoms with Crippen LogP contribution in [0.2, 0.25) is 10.0 Å². The van der Waals surface area contributed by atoms with Gasteiger partial charge in [-0.1, -0.05) is 0 Å². The number of halogens is 6. The summed E-state index contributed by atoms with van der Waals surface area (Å²) in [6.07, 6.45) is 0. The molecule has 7 rings (SSSR count). The van der Waals surface area contributed by atoms with Crippen LogP contribution in [0.15, 0.2) is 115 Å². The summed E-state index contributed by atoms with van der Waals surface area (Å²) in [6.45, 7) is 3.58. The van der Waals surface area contributed by atoms with E-state index in [1.165, 1.54) is 33.1 Å². The molecule has 1 saturated heterocycles. The quantitative estimate of drug-likeness (QED) is 0.122. The third kappa shape index (κ3) is 5.39. The van der Waals surface area contributed by atoms with E-state index in [2.05, 4.69) is 0 Å². The fraction of sp³-hybridized carbons (Fsp3) is 0.0625. The maximum absolute atomic E-state index is 12.2. The Labute approximate surface area is 302 Å². The standard InChI is InChI=1S/C32H22Cl6N2O6P2/c1-19-15-31(41)43-29-17-25(11-13-27(19)29)45-47(35,36)39(23-7-3-21(33)4-8-23)48(37,38,40(47)24-9-5-22(34)6-10-24)46-26-12-14-28-20(2)16-32(42)44-30(28)18-26/h3-18H,1-2H3. The second kappa shape index (κ2) is 11.3. The molecule has 1 aliphatic rings. The molecule has 1 fully saturated rings. The molecule has 0 unspecified atom stereocenters. The number of benzene rings is 4. The van der Waals surface area contributed by atoms with Crippen molar-refractivity contribution in [3.63, 3.8) is 0 Å². The first-order valence-corrected chi connectivity index (χ1v) is 22.6. The molecule has 8 nitrogen and oxygen atoms in total. The van der Waals surface area contributed by atoms with Gasteiger partial charge in [-0.05, 0) is 0 Å². The van der Waals surface area contributed by atoms with Crippen molar-refractivity contribution in [2.45, 2.75) is 13.8 Å². The van der Waals surface area contributed by atoms with Crippen molar-refractivity contribution >= 4 is 113 Å². The van der Waals surface area contributed by atoms with Crippen LogP contribution in [-0.2, 0) is 0 Å². The molecule has 3 heterocycles. The van der Waals surface area contributed by atoms with Gasteiger partial charge >= 0.3 is 304 Å². The Morgan fingerprint density at radius 3 is 1.25 bits per heavy atom. The van der Waals surface area contributed by atoms with Gasteiger partial charge in [-0.25, -0.2) is 0 Å². The van der Waals surface area contributed by atoms with Gasteiger partial charge in [0.1, 0.15) is 0 Å². The maximum atomic E-state index is 12.2. The molecule has 0 bridgehead atoms. The summed E-state index contributed by atoms with van der Waals surface area (Å²) < 4.78 is 26.9. The zero-order valence-corrected chi connectivity index (χ0v) is 31.1. The first kappa shape index (κ1) is 33.6. The summed E-state index contributed by atoms with van der Waals surface area (Å²) in [5, 5.41) is 2.21. The Kier molecular flexibility index (Phi) is 7.92. The molecular weight excluding hydrogens is 783 g/mol. The summed E-state index contributed by atoms with van der Waals surface area (Å²) in [5.74, 6) is -9.88. The van der Waals surface area contributed by atoms with E-state index in [9.17, 15) is 9.59 Å². The van der Waals surface area contributed by atoms with Gasteiger partial charge < -0.3 is 0 Å². The van der Waals surface area contributed by atoms with Gasteiger partial charge in [0.2, 0.25) is 0 Å². The number of hydrogen-bond acceptors (Lipinski definition) is 8. The zero-order chi connectivity index (χ0) is 34.3. The van der Waals surface area contributed by atoms with Crippen molar-refractivity contribution in [3.05, 3.63) is 139 Å². The van der Waals surface area contributed by atoms with E-state index < -0.39 is 22.9 Å². The summed E-state index contributed by atoms with van der Waals surface area (Å²) in [6, 6.07) is 25.4. The minimum absolute atomic E-state index is 0.145. The van der Waals surface area contributed by atoms with Gasteiger partial charge in [-0.15, -0.1) is 0 Å². The Balaban J connectivity index is 1.46. The van der Waals surface area contributed by atoms with Gasteiger partial charge in [-0.2, -0.15) is 0 Å². The molecule has 0 radical (unpaired) electrons. The first-order chi connectivity index (χ1) is 22.5. The van der Waals surface area contributed by atoms with Crippen molar-refractivity contribution in [2.75, 3.05) is 8.88 Å². The first-order valence-electron chi connectivity index (χ1n) is 14.1. The molecular formula is C32H22Cl6N2O6P2. The van der Waals surface area contributed by atoms with Crippen LogP contribution in [0.5, 0.6) is 11.5 Å². The van der Waals surface area contributed by atoms with Crippen LogP contribution in [0.25, 0.3) is 21.9 Å². The van der Waals surface area contributed by atoms with Crippen molar-refractivity contribution in [3.8, 4) is 11.5 Å². The minimum atomic E-state index is -5.08. The normalized spacial score (nSPS) is 19.0. The molecule has 1 aliphatic heterocycles. The van der Waals surface area contributed by atoms with Crippen LogP contribution in [-0.4, -0.2) is 0 Å². The molecule has 0 N–H and O–H groups in total. The summed E-state index contributed by atoms with van der Waals surface area (Å²) >= 11 is 43.2. The predicted molar refractivity (Wildman–Crippen MR) is 201 cm³/mol. The van der Waals surface area contributed by atoms with Gasteiger partial charge in [-0.3, -0.25) is 0 Å². The average molecular weight is 805 g/mol. The Hall–Kier alpha value is -2.90. The third-order valence-electron chi connectivity index (χ3n) is 7.69. The van der Waals surface area contributed by atoms with Crippen LogP contribution in [0.4, 0.5) is 11.4 Å². The molecule has 0 atom stereocenters. The summed E-state index contributed by atoms with van der Waals surface area (Å²) in [4.78, 5) is 24.4. The fourth-order valence-corrected chi connectivity index (χ4v) is 28.7. The molecule has 0 aliphatic carbocycles. The second-order valence-corrected chi connectivity index (χ2v) is 25.9. The Bertz CT molecular complexity index is 2220. The van der Waals surface area contributed by atoms with Crippen molar-refractivity contribution < 1.29 is 17.9 Å². The van der Waals surface area contributed by atoms with Crippen LogP contribution in [0.1, 0.15) is 11.1 Å². The van der Waals surface area contributed by atoms with Gasteiger partial charge in [0.15, 0.2) is 0 Å². The van der Waals surface area contributed by atoms with Crippen molar-refractivity contribution in [1.29, 1.82) is 0 Å². The number of fused-ring (bicyclic) bond motifs is 2. The number of aryl methyl sites for hydroxylation is 2. The van der Waals surface area contributed by atoms with Crippen LogP contribution >= 0.6 is 79.8 Å². The topological polar surface area (TPSA) is 85.4 Å². The Morgan fingerprint density at radius 2 is 0.896 bits per heavy atom. The monoisotopic (exact) mass is 802 g/mol. The average Bonchev–Trinajstić information content (AvgIpc) is 2.98. The molecule has 248 valence electrons. The van der Waals surface area contributed by atoms with Crippen LogP contribution in [0.3, 0.4) is 0 Å². The molecule has 0 spiro atoms. The molecule has 16 heteroatoms. The molecule has 0 amide bonds. The van der Waals surface area contributed by atoms with Crippen LogP contribution < -0.4 is 29.2 Å². The second-order valence-electron chi connectivity index (χ2n) is 11.0. The SMILES string of the molecule is Cc1cc(=O)oc2cc(OP3(Cl)(Cl)N(c4ccc(Cl)cc4)P(Cl)(Cl)(Oc4ccc5c(C)cc(=O)oc5c4)N3c3ccc(Cl)cc3)ccc12. The van der Waals surface area contributed by atoms with Gasteiger partial charge in [0.25, 0.3) is 0 Å². The summed E-state index contributed by atoms with van der Waals surface area (Å²) in [5.41, 5.74) is 1.49. The Morgan fingerprint density at radius 1 is 0.542 bits per heavy atom. The molecule has 0 saturated carbocycles. The third-order valence-corrected chi connectivity index (χ3v) is 23.6. The van der Waals surface area contributed by atoms with Gasteiger partial charge in [0, 0.05) is 0 Å². The molecule has 6 aromatic rings. The number of nitrogens with zero attached hydrogens (tertiary/aromatic N) is 2. The van der Waals surface area contributed by atoms with Crippen LogP contribution in [0, 0.1) is 13.8 Å². The van der Waals surface area contributed by atoms with E-state index in [0.29, 0.717) is 43.3 Å². The van der Waals surface area contributed by atoms with E-state index in [-0.39, 0.29) is 22.7 Å². The number of hydrogen-bond donors (Lipinski definition) is 0. The van der Waals surface area contributed by atoms with Crippen molar-refractivity contribution in [2.24, 2.45) is 0 Å². The van der Waals surface area contributed by atoms with E-state index in [1.54, 1.807) is 86.6 Å².